The van der Waals surface area contributed by atoms with Crippen molar-refractivity contribution in [1.82, 2.24) is 0 Å². The molecule has 1 saturated heterocycles. The van der Waals surface area contributed by atoms with Gasteiger partial charge in [-0.05, 0) is 72.0 Å². The van der Waals surface area contributed by atoms with Crippen LogP contribution in [0, 0.1) is 0 Å². The molecule has 1 atom stereocenters. The first-order valence-electron chi connectivity index (χ1n) is 11.4. The molecule has 1 unspecified atom stereocenters. The standard InChI is InChI=1S/C27H30ClN3O/c1-30(19-20-5-9-24(10-6-20)31-13-15-32-16-14-31)25-11-7-21-8-12-27(26(21)18-25)29-23-4-2-3-22(28)17-23/h2-7,9-11,17-18,27,29H,8,12-16,19H2,1H3. The van der Waals surface area contributed by atoms with Gasteiger partial charge in [0, 0.05) is 48.8 Å². The highest BCUT2D eigenvalue weighted by atomic mass is 35.5. The van der Waals surface area contributed by atoms with Crippen LogP contribution >= 0.6 is 11.6 Å². The summed E-state index contributed by atoms with van der Waals surface area (Å²) in [7, 11) is 2.17. The highest BCUT2D eigenvalue weighted by molar-refractivity contribution is 6.30. The molecule has 2 aliphatic rings. The minimum absolute atomic E-state index is 0.324. The Morgan fingerprint density at radius 1 is 1.03 bits per heavy atom. The fraction of sp³-hybridized carbons (Fsp3) is 0.333. The predicted octanol–water partition coefficient (Wildman–Crippen LogP) is 5.91. The highest BCUT2D eigenvalue weighted by Crippen LogP contribution is 2.36. The minimum Gasteiger partial charge on any atom is -0.378 e. The zero-order chi connectivity index (χ0) is 21.9. The Hall–Kier alpha value is -2.69. The van der Waals surface area contributed by atoms with Crippen LogP contribution in [0.4, 0.5) is 17.1 Å². The minimum atomic E-state index is 0.324. The molecular formula is C27H30ClN3O. The molecule has 1 aliphatic heterocycles. The van der Waals surface area contributed by atoms with Crippen LogP contribution in [-0.4, -0.2) is 33.4 Å². The van der Waals surface area contributed by atoms with Gasteiger partial charge in [0.2, 0.25) is 0 Å². The lowest BCUT2D eigenvalue weighted by Gasteiger charge is -2.29. The van der Waals surface area contributed by atoms with Crippen LogP contribution < -0.4 is 15.1 Å². The lowest BCUT2D eigenvalue weighted by atomic mass is 10.1. The number of fused-ring (bicyclic) bond motifs is 1. The van der Waals surface area contributed by atoms with Crippen LogP contribution in [0.2, 0.25) is 5.02 Å². The summed E-state index contributed by atoms with van der Waals surface area (Å²) >= 11 is 6.17. The van der Waals surface area contributed by atoms with Gasteiger partial charge in [-0.15, -0.1) is 0 Å². The van der Waals surface area contributed by atoms with Crippen molar-refractivity contribution in [2.75, 3.05) is 48.5 Å². The van der Waals surface area contributed by atoms with E-state index in [0.717, 1.165) is 56.4 Å². The summed E-state index contributed by atoms with van der Waals surface area (Å²) in [6, 6.07) is 24.2. The maximum Gasteiger partial charge on any atom is 0.0642 e. The van der Waals surface area contributed by atoms with Crippen molar-refractivity contribution >= 4 is 28.7 Å². The van der Waals surface area contributed by atoms with Gasteiger partial charge in [-0.1, -0.05) is 35.9 Å². The largest absolute Gasteiger partial charge is 0.378 e. The Morgan fingerprint density at radius 3 is 2.62 bits per heavy atom. The van der Waals surface area contributed by atoms with E-state index in [4.69, 9.17) is 16.3 Å². The zero-order valence-electron chi connectivity index (χ0n) is 18.6. The molecule has 166 valence electrons. The van der Waals surface area contributed by atoms with Gasteiger partial charge in [0.15, 0.2) is 0 Å². The summed E-state index contributed by atoms with van der Waals surface area (Å²) in [5, 5.41) is 4.44. The third-order valence-corrected chi connectivity index (χ3v) is 6.78. The number of nitrogens with zero attached hydrogens (tertiary/aromatic N) is 2. The molecule has 1 heterocycles. The first-order chi connectivity index (χ1) is 15.7. The quantitative estimate of drug-likeness (QED) is 0.508. The third kappa shape index (κ3) is 4.72. The van der Waals surface area contributed by atoms with Crippen LogP contribution in [0.5, 0.6) is 0 Å². The fourth-order valence-electron chi connectivity index (χ4n) is 4.76. The smallest absolute Gasteiger partial charge is 0.0642 e. The molecule has 1 fully saturated rings. The maximum atomic E-state index is 6.17. The molecule has 32 heavy (non-hydrogen) atoms. The van der Waals surface area contributed by atoms with Crippen molar-refractivity contribution in [2.45, 2.75) is 25.4 Å². The first kappa shape index (κ1) is 21.2. The van der Waals surface area contributed by atoms with Crippen molar-refractivity contribution in [3.05, 3.63) is 88.4 Å². The van der Waals surface area contributed by atoms with Gasteiger partial charge < -0.3 is 19.9 Å². The Labute approximate surface area is 195 Å². The number of benzene rings is 3. The molecule has 0 radical (unpaired) electrons. The molecular weight excluding hydrogens is 418 g/mol. The second kappa shape index (κ2) is 9.43. The van der Waals surface area contributed by atoms with E-state index in [1.165, 1.54) is 28.1 Å². The number of rotatable bonds is 6. The molecule has 3 aromatic carbocycles. The summed E-state index contributed by atoms with van der Waals surface area (Å²) in [5.74, 6) is 0. The summed E-state index contributed by atoms with van der Waals surface area (Å²) in [6.45, 7) is 4.46. The number of aryl methyl sites for hydroxylation is 1. The first-order valence-corrected chi connectivity index (χ1v) is 11.8. The van der Waals surface area contributed by atoms with Crippen LogP contribution in [0.1, 0.15) is 29.2 Å². The van der Waals surface area contributed by atoms with E-state index < -0.39 is 0 Å². The van der Waals surface area contributed by atoms with Gasteiger partial charge in [-0.3, -0.25) is 0 Å². The molecule has 3 aromatic rings. The van der Waals surface area contributed by atoms with Crippen molar-refractivity contribution in [3.63, 3.8) is 0 Å². The number of hydrogen-bond donors (Lipinski definition) is 1. The predicted molar refractivity (Wildman–Crippen MR) is 134 cm³/mol. The number of nitrogens with one attached hydrogen (secondary N) is 1. The Kier molecular flexibility index (Phi) is 6.24. The van der Waals surface area contributed by atoms with E-state index >= 15 is 0 Å². The Bertz CT molecular complexity index is 1060. The maximum absolute atomic E-state index is 6.17. The van der Waals surface area contributed by atoms with Crippen LogP contribution in [0.25, 0.3) is 0 Å². The van der Waals surface area contributed by atoms with Crippen LogP contribution in [-0.2, 0) is 17.7 Å². The number of ether oxygens (including phenoxy) is 1. The van der Waals surface area contributed by atoms with Gasteiger partial charge in [0.25, 0.3) is 0 Å². The van der Waals surface area contributed by atoms with Crippen molar-refractivity contribution < 1.29 is 4.74 Å². The number of morpholine rings is 1. The SMILES string of the molecule is CN(Cc1ccc(N2CCOCC2)cc1)c1ccc2c(c1)C(Nc1cccc(Cl)c1)CC2. The van der Waals surface area contributed by atoms with E-state index in [9.17, 15) is 0 Å². The molecule has 1 aliphatic carbocycles. The molecule has 0 spiro atoms. The summed E-state index contributed by atoms with van der Waals surface area (Å²) in [4.78, 5) is 4.73. The lowest BCUT2D eigenvalue weighted by molar-refractivity contribution is 0.122. The van der Waals surface area contributed by atoms with E-state index in [2.05, 4.69) is 70.7 Å². The third-order valence-electron chi connectivity index (χ3n) is 6.55. The average Bonchev–Trinajstić information content (AvgIpc) is 3.22. The zero-order valence-corrected chi connectivity index (χ0v) is 19.3. The van der Waals surface area contributed by atoms with E-state index in [0.29, 0.717) is 6.04 Å². The van der Waals surface area contributed by atoms with Gasteiger partial charge in [-0.25, -0.2) is 0 Å². The highest BCUT2D eigenvalue weighted by Gasteiger charge is 2.23. The number of halogens is 1. The topological polar surface area (TPSA) is 27.7 Å². The summed E-state index contributed by atoms with van der Waals surface area (Å²) in [6.07, 6.45) is 2.22. The van der Waals surface area contributed by atoms with E-state index in [1.807, 2.05) is 18.2 Å². The fourth-order valence-corrected chi connectivity index (χ4v) is 4.95. The number of hydrogen-bond acceptors (Lipinski definition) is 4. The van der Waals surface area contributed by atoms with Crippen LogP contribution in [0.3, 0.4) is 0 Å². The van der Waals surface area contributed by atoms with Crippen molar-refractivity contribution in [2.24, 2.45) is 0 Å². The molecule has 5 heteroatoms. The molecule has 1 N–H and O–H groups in total. The second-order valence-corrected chi connectivity index (χ2v) is 9.19. The van der Waals surface area contributed by atoms with E-state index in [1.54, 1.807) is 0 Å². The molecule has 0 amide bonds. The Balaban J connectivity index is 1.27. The summed E-state index contributed by atoms with van der Waals surface area (Å²) in [5.41, 5.74) is 7.77. The monoisotopic (exact) mass is 447 g/mol. The molecule has 4 nitrogen and oxygen atoms in total. The number of anilines is 3. The van der Waals surface area contributed by atoms with Gasteiger partial charge >= 0.3 is 0 Å². The second-order valence-electron chi connectivity index (χ2n) is 8.75. The molecule has 0 bridgehead atoms. The van der Waals surface area contributed by atoms with Crippen LogP contribution in [0.15, 0.2) is 66.7 Å². The normalized spacial score (nSPS) is 17.8. The molecule has 5 rings (SSSR count). The van der Waals surface area contributed by atoms with E-state index in [-0.39, 0.29) is 0 Å². The van der Waals surface area contributed by atoms with Crippen molar-refractivity contribution in [1.29, 1.82) is 0 Å². The molecule has 0 aromatic heterocycles. The molecule has 0 saturated carbocycles. The van der Waals surface area contributed by atoms with Gasteiger partial charge in [-0.2, -0.15) is 0 Å². The van der Waals surface area contributed by atoms with Gasteiger partial charge in [0.05, 0.1) is 19.3 Å². The average molecular weight is 448 g/mol. The lowest BCUT2D eigenvalue weighted by Crippen LogP contribution is -2.36. The van der Waals surface area contributed by atoms with Gasteiger partial charge in [0.1, 0.15) is 0 Å². The summed E-state index contributed by atoms with van der Waals surface area (Å²) < 4.78 is 5.47. The van der Waals surface area contributed by atoms with Crippen molar-refractivity contribution in [3.8, 4) is 0 Å². The Morgan fingerprint density at radius 2 is 1.84 bits per heavy atom.